The summed E-state index contributed by atoms with van der Waals surface area (Å²) < 4.78 is 0. The van der Waals surface area contributed by atoms with Crippen LogP contribution in [-0.4, -0.2) is 18.0 Å². The van der Waals surface area contributed by atoms with Crippen LogP contribution in [0.4, 0.5) is 0 Å². The summed E-state index contributed by atoms with van der Waals surface area (Å²) in [6, 6.07) is 0.0478. The molecule has 3 nitrogen and oxygen atoms in total. The lowest BCUT2D eigenvalue weighted by molar-refractivity contribution is -0.123. The van der Waals surface area contributed by atoms with E-state index in [2.05, 4.69) is 12.2 Å². The fraction of sp³-hybridized carbons (Fsp3) is 0.923. The number of hydrogen-bond acceptors (Lipinski definition) is 2. The lowest BCUT2D eigenvalue weighted by Gasteiger charge is -2.29. The number of halogens is 1. The Morgan fingerprint density at radius 1 is 1.29 bits per heavy atom. The largest absolute Gasteiger partial charge is 0.352 e. The van der Waals surface area contributed by atoms with Gasteiger partial charge in [0, 0.05) is 6.04 Å². The van der Waals surface area contributed by atoms with Crippen LogP contribution in [-0.2, 0) is 4.79 Å². The van der Waals surface area contributed by atoms with E-state index in [1.807, 2.05) is 6.92 Å². The first-order chi connectivity index (χ1) is 7.67. The molecule has 0 aromatic carbocycles. The van der Waals surface area contributed by atoms with E-state index in [-0.39, 0.29) is 24.4 Å². The molecular formula is C13H27ClN2O. The summed E-state index contributed by atoms with van der Waals surface area (Å²) in [4.78, 5) is 11.6. The fourth-order valence-corrected chi connectivity index (χ4v) is 2.50. The molecule has 0 aromatic heterocycles. The Morgan fingerprint density at radius 3 is 2.35 bits per heavy atom. The van der Waals surface area contributed by atoms with E-state index in [0.29, 0.717) is 6.04 Å². The van der Waals surface area contributed by atoms with E-state index in [0.717, 1.165) is 25.2 Å². The zero-order valence-corrected chi connectivity index (χ0v) is 11.9. The lowest BCUT2D eigenvalue weighted by atomic mass is 9.83. The Balaban J connectivity index is 0.00000256. The quantitative estimate of drug-likeness (QED) is 0.800. The van der Waals surface area contributed by atoms with Crippen molar-refractivity contribution in [3.05, 3.63) is 0 Å². The predicted molar refractivity (Wildman–Crippen MR) is 74.3 cm³/mol. The van der Waals surface area contributed by atoms with Crippen molar-refractivity contribution in [1.82, 2.24) is 5.32 Å². The molecule has 0 unspecified atom stereocenters. The molecule has 1 rings (SSSR count). The molecule has 3 N–H and O–H groups in total. The Hall–Kier alpha value is -0.280. The molecule has 4 heteroatoms. The second-order valence-electron chi connectivity index (χ2n) is 5.03. The molecule has 1 aliphatic rings. The Labute approximate surface area is 111 Å². The molecule has 1 aliphatic carbocycles. The van der Waals surface area contributed by atoms with Gasteiger partial charge in [0.05, 0.1) is 6.04 Å². The van der Waals surface area contributed by atoms with Crippen LogP contribution < -0.4 is 11.1 Å². The van der Waals surface area contributed by atoms with Crippen molar-refractivity contribution in [3.63, 3.8) is 0 Å². The average molecular weight is 263 g/mol. The van der Waals surface area contributed by atoms with Gasteiger partial charge in [0.15, 0.2) is 0 Å². The molecule has 0 saturated heterocycles. The maximum atomic E-state index is 11.6. The van der Waals surface area contributed by atoms with Crippen LogP contribution >= 0.6 is 12.4 Å². The van der Waals surface area contributed by atoms with Gasteiger partial charge in [0.1, 0.15) is 0 Å². The number of carbonyl (C=O) groups excluding carboxylic acids is 1. The van der Waals surface area contributed by atoms with E-state index in [1.165, 1.54) is 25.7 Å². The van der Waals surface area contributed by atoms with E-state index in [4.69, 9.17) is 5.73 Å². The second-order valence-corrected chi connectivity index (χ2v) is 5.03. The average Bonchev–Trinajstić information content (AvgIpc) is 2.31. The SMILES string of the molecule is CCCC1CCC(NC(=O)[C@@H](N)CC)CC1.Cl. The third-order valence-electron chi connectivity index (χ3n) is 3.67. The first kappa shape index (κ1) is 16.7. The van der Waals surface area contributed by atoms with Crippen molar-refractivity contribution in [2.75, 3.05) is 0 Å². The first-order valence-corrected chi connectivity index (χ1v) is 6.73. The zero-order chi connectivity index (χ0) is 12.0. The number of amides is 1. The molecule has 1 amide bonds. The first-order valence-electron chi connectivity index (χ1n) is 6.73. The highest BCUT2D eigenvalue weighted by Gasteiger charge is 2.23. The molecule has 0 aliphatic heterocycles. The minimum absolute atomic E-state index is 0. The maximum absolute atomic E-state index is 11.6. The van der Waals surface area contributed by atoms with E-state index in [1.54, 1.807) is 0 Å². The summed E-state index contributed by atoms with van der Waals surface area (Å²) in [7, 11) is 0. The van der Waals surface area contributed by atoms with Crippen molar-refractivity contribution in [2.24, 2.45) is 11.7 Å². The van der Waals surface area contributed by atoms with Crippen LogP contribution in [0, 0.1) is 5.92 Å². The highest BCUT2D eigenvalue weighted by Crippen LogP contribution is 2.27. The van der Waals surface area contributed by atoms with Gasteiger partial charge in [0.2, 0.25) is 5.91 Å². The molecule has 1 fully saturated rings. The molecule has 102 valence electrons. The molecule has 0 radical (unpaired) electrons. The molecule has 0 aromatic rings. The van der Waals surface area contributed by atoms with Gasteiger partial charge in [0.25, 0.3) is 0 Å². The summed E-state index contributed by atoms with van der Waals surface area (Å²) in [6.45, 7) is 4.19. The monoisotopic (exact) mass is 262 g/mol. The minimum atomic E-state index is -0.326. The van der Waals surface area contributed by atoms with Crippen LogP contribution in [0.5, 0.6) is 0 Å². The van der Waals surface area contributed by atoms with Crippen molar-refractivity contribution in [2.45, 2.75) is 70.9 Å². The van der Waals surface area contributed by atoms with Crippen LogP contribution in [0.2, 0.25) is 0 Å². The molecule has 0 heterocycles. The smallest absolute Gasteiger partial charge is 0.237 e. The zero-order valence-electron chi connectivity index (χ0n) is 11.1. The highest BCUT2D eigenvalue weighted by atomic mass is 35.5. The number of rotatable bonds is 5. The van der Waals surface area contributed by atoms with Crippen molar-refractivity contribution < 1.29 is 4.79 Å². The Morgan fingerprint density at radius 2 is 1.88 bits per heavy atom. The fourth-order valence-electron chi connectivity index (χ4n) is 2.50. The summed E-state index contributed by atoms with van der Waals surface area (Å²) in [5, 5.41) is 3.07. The molecule has 1 atom stereocenters. The van der Waals surface area contributed by atoms with Crippen molar-refractivity contribution in [3.8, 4) is 0 Å². The minimum Gasteiger partial charge on any atom is -0.352 e. The lowest BCUT2D eigenvalue weighted by Crippen LogP contribution is -2.46. The molecule has 0 spiro atoms. The van der Waals surface area contributed by atoms with Crippen LogP contribution in [0.25, 0.3) is 0 Å². The molecule has 1 saturated carbocycles. The van der Waals surface area contributed by atoms with Crippen LogP contribution in [0.3, 0.4) is 0 Å². The highest BCUT2D eigenvalue weighted by molar-refractivity contribution is 5.85. The number of carbonyl (C=O) groups is 1. The summed E-state index contributed by atoms with van der Waals surface area (Å²) in [5.41, 5.74) is 5.70. The van der Waals surface area contributed by atoms with Crippen LogP contribution in [0.1, 0.15) is 58.8 Å². The third-order valence-corrected chi connectivity index (χ3v) is 3.67. The van der Waals surface area contributed by atoms with E-state index < -0.39 is 0 Å². The molecule has 17 heavy (non-hydrogen) atoms. The molecular weight excluding hydrogens is 236 g/mol. The number of nitrogens with two attached hydrogens (primary N) is 1. The van der Waals surface area contributed by atoms with Crippen molar-refractivity contribution in [1.29, 1.82) is 0 Å². The normalized spacial score (nSPS) is 25.8. The standard InChI is InChI=1S/C13H26N2O.ClH/c1-3-5-10-6-8-11(9-7-10)15-13(16)12(14)4-2;/h10-12H,3-9,14H2,1-2H3,(H,15,16);1H/t10?,11?,12-;/m0./s1. The summed E-state index contributed by atoms with van der Waals surface area (Å²) in [6.07, 6.45) is 8.13. The Bertz CT molecular complexity index is 215. The van der Waals surface area contributed by atoms with Gasteiger partial charge in [-0.25, -0.2) is 0 Å². The Kier molecular flexibility index (Phi) is 8.61. The van der Waals surface area contributed by atoms with Gasteiger partial charge >= 0.3 is 0 Å². The van der Waals surface area contributed by atoms with Crippen LogP contribution in [0.15, 0.2) is 0 Å². The third kappa shape index (κ3) is 5.73. The van der Waals surface area contributed by atoms with Gasteiger partial charge in [-0.05, 0) is 38.0 Å². The van der Waals surface area contributed by atoms with Gasteiger partial charge in [-0.15, -0.1) is 12.4 Å². The van der Waals surface area contributed by atoms with Gasteiger partial charge in [-0.2, -0.15) is 0 Å². The van der Waals surface area contributed by atoms with Crippen molar-refractivity contribution >= 4 is 18.3 Å². The van der Waals surface area contributed by atoms with Gasteiger partial charge in [-0.1, -0.05) is 26.7 Å². The second kappa shape index (κ2) is 8.76. The maximum Gasteiger partial charge on any atom is 0.237 e. The van der Waals surface area contributed by atoms with Gasteiger partial charge < -0.3 is 11.1 Å². The number of nitrogens with one attached hydrogen (secondary N) is 1. The van der Waals surface area contributed by atoms with E-state index in [9.17, 15) is 4.79 Å². The van der Waals surface area contributed by atoms with Gasteiger partial charge in [-0.3, -0.25) is 4.79 Å². The summed E-state index contributed by atoms with van der Waals surface area (Å²) in [5.74, 6) is 0.916. The summed E-state index contributed by atoms with van der Waals surface area (Å²) >= 11 is 0. The topological polar surface area (TPSA) is 55.1 Å². The number of hydrogen-bond donors (Lipinski definition) is 2. The predicted octanol–water partition coefficient (Wildman–Crippen LogP) is 2.62. The van der Waals surface area contributed by atoms with E-state index >= 15 is 0 Å². The molecule has 0 bridgehead atoms.